The van der Waals surface area contributed by atoms with Crippen LogP contribution in [0.25, 0.3) is 0 Å². The molecule has 6 nitrogen and oxygen atoms in total. The summed E-state index contributed by atoms with van der Waals surface area (Å²) < 4.78 is 5.48. The molecule has 0 saturated carbocycles. The second-order valence-electron chi connectivity index (χ2n) is 20.7. The molecule has 1 amide bonds. The van der Waals surface area contributed by atoms with E-state index in [0.29, 0.717) is 25.9 Å². The number of carbonyl (C=O) groups is 2. The van der Waals surface area contributed by atoms with Crippen molar-refractivity contribution in [3.63, 3.8) is 0 Å². The van der Waals surface area contributed by atoms with Crippen LogP contribution >= 0.6 is 0 Å². The largest absolute Gasteiger partial charge is 0.466 e. The van der Waals surface area contributed by atoms with E-state index < -0.39 is 12.1 Å². The number of aliphatic hydroxyl groups is 2. The molecule has 2 unspecified atom stereocenters. The summed E-state index contributed by atoms with van der Waals surface area (Å²) in [6.45, 7) is 4.95. The summed E-state index contributed by atoms with van der Waals surface area (Å²) in [6, 6.07) is -0.547. The number of allylic oxidation sites excluding steroid dienone is 4. The monoisotopic (exact) mass is 944 g/mol. The number of amides is 1. The fourth-order valence-electron chi connectivity index (χ4n) is 9.34. The van der Waals surface area contributed by atoms with Gasteiger partial charge in [0.15, 0.2) is 0 Å². The maximum atomic E-state index is 12.5. The van der Waals surface area contributed by atoms with Crippen LogP contribution in [-0.4, -0.2) is 47.4 Å². The van der Waals surface area contributed by atoms with Crippen LogP contribution in [0.3, 0.4) is 0 Å². The minimum Gasteiger partial charge on any atom is -0.466 e. The lowest BCUT2D eigenvalue weighted by Crippen LogP contribution is -2.45. The van der Waals surface area contributed by atoms with Gasteiger partial charge in [0.2, 0.25) is 5.91 Å². The summed E-state index contributed by atoms with van der Waals surface area (Å²) in [5, 5.41) is 23.3. The van der Waals surface area contributed by atoms with Crippen molar-refractivity contribution in [3.8, 4) is 0 Å². The van der Waals surface area contributed by atoms with Gasteiger partial charge in [0.25, 0.3) is 0 Å². The summed E-state index contributed by atoms with van der Waals surface area (Å²) in [5.74, 6) is -0.0435. The number of rotatable bonds is 56. The van der Waals surface area contributed by atoms with Gasteiger partial charge in [0.05, 0.1) is 25.4 Å². The first-order valence-corrected chi connectivity index (χ1v) is 30.1. The molecule has 0 saturated heterocycles. The van der Waals surface area contributed by atoms with Gasteiger partial charge in [-0.25, -0.2) is 0 Å². The molecule has 67 heavy (non-hydrogen) atoms. The Labute approximate surface area is 418 Å². The van der Waals surface area contributed by atoms with Crippen molar-refractivity contribution in [1.82, 2.24) is 5.32 Å². The topological polar surface area (TPSA) is 95.9 Å². The van der Waals surface area contributed by atoms with Crippen LogP contribution in [0.5, 0.6) is 0 Å². The van der Waals surface area contributed by atoms with Crippen LogP contribution in [0, 0.1) is 0 Å². The van der Waals surface area contributed by atoms with E-state index in [0.717, 1.165) is 44.9 Å². The Kier molecular flexibility index (Phi) is 55.5. The molecule has 0 aliphatic rings. The minimum atomic E-state index is -0.669. The van der Waals surface area contributed by atoms with Crippen molar-refractivity contribution in [3.05, 3.63) is 24.3 Å². The van der Waals surface area contributed by atoms with Crippen molar-refractivity contribution in [1.29, 1.82) is 0 Å². The molecule has 0 radical (unpaired) electrons. The molecule has 0 aliphatic carbocycles. The zero-order chi connectivity index (χ0) is 48.6. The van der Waals surface area contributed by atoms with Crippen LogP contribution in [0.15, 0.2) is 24.3 Å². The number of ether oxygens (including phenoxy) is 1. The summed E-state index contributed by atoms with van der Waals surface area (Å²) >= 11 is 0. The fourth-order valence-corrected chi connectivity index (χ4v) is 9.34. The Morgan fingerprint density at radius 3 is 1.06 bits per heavy atom. The van der Waals surface area contributed by atoms with Gasteiger partial charge in [0, 0.05) is 12.8 Å². The maximum Gasteiger partial charge on any atom is 0.305 e. The smallest absolute Gasteiger partial charge is 0.305 e. The van der Waals surface area contributed by atoms with Crippen LogP contribution in [0.2, 0.25) is 0 Å². The van der Waals surface area contributed by atoms with Crippen molar-refractivity contribution >= 4 is 11.9 Å². The molecule has 0 aromatic carbocycles. The van der Waals surface area contributed by atoms with Gasteiger partial charge < -0.3 is 20.3 Å². The van der Waals surface area contributed by atoms with Gasteiger partial charge >= 0.3 is 5.97 Å². The van der Waals surface area contributed by atoms with Gasteiger partial charge in [-0.1, -0.05) is 263 Å². The number of carbonyl (C=O) groups excluding carboxylic acids is 2. The number of aliphatic hydroxyl groups excluding tert-OH is 2. The van der Waals surface area contributed by atoms with E-state index in [2.05, 4.69) is 43.5 Å². The van der Waals surface area contributed by atoms with Crippen molar-refractivity contribution in [2.24, 2.45) is 0 Å². The lowest BCUT2D eigenvalue weighted by atomic mass is 10.0. The summed E-state index contributed by atoms with van der Waals surface area (Å²) in [5.41, 5.74) is 0. The van der Waals surface area contributed by atoms with Gasteiger partial charge in [-0.05, 0) is 77.0 Å². The lowest BCUT2D eigenvalue weighted by Gasteiger charge is -2.22. The Morgan fingerprint density at radius 1 is 0.403 bits per heavy atom. The molecule has 2 atom stereocenters. The number of hydrogen-bond acceptors (Lipinski definition) is 5. The Bertz CT molecular complexity index is 1040. The summed E-state index contributed by atoms with van der Waals surface area (Å²) in [4.78, 5) is 24.5. The SMILES string of the molecule is CCCCCCCCC/C=C\CCCCCCCC(=O)OCCCCCCCCCCC/C=C\CCCCCCCCCC(=O)NC(CO)C(O)CCCCCCCCCCCCCCCC. The van der Waals surface area contributed by atoms with Gasteiger partial charge in [-0.3, -0.25) is 9.59 Å². The van der Waals surface area contributed by atoms with E-state index in [1.54, 1.807) is 0 Å². The van der Waals surface area contributed by atoms with E-state index in [-0.39, 0.29) is 18.5 Å². The van der Waals surface area contributed by atoms with Crippen LogP contribution < -0.4 is 5.32 Å². The molecule has 3 N–H and O–H groups in total. The number of hydrogen-bond donors (Lipinski definition) is 3. The predicted molar refractivity (Wildman–Crippen MR) is 292 cm³/mol. The minimum absolute atomic E-state index is 0.000855. The van der Waals surface area contributed by atoms with E-state index in [1.807, 2.05) is 0 Å². The van der Waals surface area contributed by atoms with Crippen molar-refractivity contribution in [2.75, 3.05) is 13.2 Å². The van der Waals surface area contributed by atoms with E-state index in [1.165, 1.54) is 250 Å². The number of nitrogens with one attached hydrogen (secondary N) is 1. The Balaban J connectivity index is 3.42. The molecule has 0 aromatic rings. The van der Waals surface area contributed by atoms with E-state index >= 15 is 0 Å². The van der Waals surface area contributed by atoms with Gasteiger partial charge in [-0.2, -0.15) is 0 Å². The zero-order valence-electron chi connectivity index (χ0n) is 45.1. The van der Waals surface area contributed by atoms with Crippen LogP contribution in [-0.2, 0) is 14.3 Å². The average molecular weight is 945 g/mol. The molecule has 0 bridgehead atoms. The standard InChI is InChI=1S/C61H117NO5/c1-3-5-7-9-11-13-15-17-19-27-31-35-39-43-47-51-55-61(66)67-56-52-48-44-40-36-32-28-25-23-21-20-22-24-26-30-34-38-42-46-50-54-60(65)62-58(57-63)59(64)53-49-45-41-37-33-29-18-16-14-12-10-8-6-4-2/h19-20,22,27,58-59,63-64H,3-18,21,23-26,28-57H2,1-2H3,(H,62,65)/b22-20-,27-19-. The Hall–Kier alpha value is -1.66. The first-order chi connectivity index (χ1) is 33.0. The third-order valence-electron chi connectivity index (χ3n) is 14.0. The highest BCUT2D eigenvalue weighted by Gasteiger charge is 2.20. The van der Waals surface area contributed by atoms with E-state index in [4.69, 9.17) is 4.74 Å². The highest BCUT2D eigenvalue weighted by Crippen LogP contribution is 2.17. The van der Waals surface area contributed by atoms with Crippen molar-refractivity contribution in [2.45, 2.75) is 341 Å². The second kappa shape index (κ2) is 56.9. The van der Waals surface area contributed by atoms with Crippen LogP contribution in [0.1, 0.15) is 328 Å². The third kappa shape index (κ3) is 53.5. The number of esters is 1. The summed E-state index contributed by atoms with van der Waals surface area (Å²) in [7, 11) is 0. The molecule has 0 heterocycles. The zero-order valence-corrected chi connectivity index (χ0v) is 45.1. The van der Waals surface area contributed by atoms with E-state index in [9.17, 15) is 19.8 Å². The predicted octanol–water partition coefficient (Wildman–Crippen LogP) is 18.6. The van der Waals surface area contributed by atoms with Crippen molar-refractivity contribution < 1.29 is 24.5 Å². The lowest BCUT2D eigenvalue weighted by molar-refractivity contribution is -0.143. The molecule has 0 aromatic heterocycles. The molecule has 0 aliphatic heterocycles. The average Bonchev–Trinajstić information content (AvgIpc) is 3.33. The molecule has 0 fully saturated rings. The van der Waals surface area contributed by atoms with Gasteiger partial charge in [0.1, 0.15) is 0 Å². The molecule has 6 heteroatoms. The first-order valence-electron chi connectivity index (χ1n) is 30.1. The molecule has 0 rings (SSSR count). The fraction of sp³-hybridized carbons (Fsp3) is 0.902. The Morgan fingerprint density at radius 2 is 0.701 bits per heavy atom. The first kappa shape index (κ1) is 65.3. The summed E-state index contributed by atoms with van der Waals surface area (Å²) in [6.07, 6.45) is 68.9. The third-order valence-corrected chi connectivity index (χ3v) is 14.0. The van der Waals surface area contributed by atoms with Gasteiger partial charge in [-0.15, -0.1) is 0 Å². The highest BCUT2D eigenvalue weighted by molar-refractivity contribution is 5.76. The molecule has 0 spiro atoms. The maximum absolute atomic E-state index is 12.5. The highest BCUT2D eigenvalue weighted by atomic mass is 16.5. The van der Waals surface area contributed by atoms with Crippen LogP contribution in [0.4, 0.5) is 0 Å². The second-order valence-corrected chi connectivity index (χ2v) is 20.7. The number of unbranched alkanes of at least 4 members (excludes halogenated alkanes) is 41. The molecule has 396 valence electrons. The normalized spacial score (nSPS) is 12.7. The molecular weight excluding hydrogens is 827 g/mol. The molecular formula is C61H117NO5. The quantitative estimate of drug-likeness (QED) is 0.0321.